The number of aryl methyl sites for hydroxylation is 1. The van der Waals surface area contributed by atoms with E-state index in [1.54, 1.807) is 12.1 Å². The Morgan fingerprint density at radius 1 is 1.10 bits per heavy atom. The van der Waals surface area contributed by atoms with E-state index in [0.717, 1.165) is 16.4 Å². The summed E-state index contributed by atoms with van der Waals surface area (Å²) in [5.74, 6) is 0.525. The number of carbonyl (C=O) groups excluding carboxylic acids is 1. The van der Waals surface area contributed by atoms with Gasteiger partial charge in [0.05, 0.1) is 15.9 Å². The van der Waals surface area contributed by atoms with Crippen LogP contribution < -0.4 is 5.32 Å². The molecular weight excluding hydrogens is 432 g/mol. The first-order chi connectivity index (χ1) is 14.9. The quantitative estimate of drug-likeness (QED) is 0.458. The predicted octanol–water partition coefficient (Wildman–Crippen LogP) is 4.21. The van der Waals surface area contributed by atoms with E-state index < -0.39 is 10.0 Å². The van der Waals surface area contributed by atoms with Crippen LogP contribution in [-0.2, 0) is 21.4 Å². The highest BCUT2D eigenvalue weighted by atomic mass is 32.2. The van der Waals surface area contributed by atoms with Crippen molar-refractivity contribution in [1.29, 1.82) is 0 Å². The van der Waals surface area contributed by atoms with E-state index in [-0.39, 0.29) is 10.8 Å². The first kappa shape index (κ1) is 23.3. The lowest BCUT2D eigenvalue weighted by Crippen LogP contribution is -2.30. The number of sulfonamides is 1. The van der Waals surface area contributed by atoms with Crippen LogP contribution in [-0.4, -0.2) is 47.0 Å². The highest BCUT2D eigenvalue weighted by molar-refractivity contribution is 7.99. The molecule has 0 aliphatic rings. The molecule has 166 valence electrons. The summed E-state index contributed by atoms with van der Waals surface area (Å²) in [6.07, 6.45) is 0.355. The molecule has 0 saturated carbocycles. The number of rotatable bonds is 10. The summed E-state index contributed by atoms with van der Waals surface area (Å²) in [4.78, 5) is 17.1. The molecule has 0 aliphatic carbocycles. The van der Waals surface area contributed by atoms with Crippen molar-refractivity contribution in [3.05, 3.63) is 48.5 Å². The zero-order valence-corrected chi connectivity index (χ0v) is 19.7. The van der Waals surface area contributed by atoms with Crippen LogP contribution in [0.15, 0.2) is 58.6 Å². The van der Waals surface area contributed by atoms with E-state index in [0.29, 0.717) is 37.3 Å². The van der Waals surface area contributed by atoms with Gasteiger partial charge in [-0.3, -0.25) is 4.79 Å². The van der Waals surface area contributed by atoms with E-state index in [2.05, 4.69) is 10.3 Å². The number of fused-ring (bicyclic) bond motifs is 1. The number of thioether (sulfide) groups is 1. The normalized spacial score (nSPS) is 11.9. The predicted molar refractivity (Wildman–Crippen MR) is 126 cm³/mol. The van der Waals surface area contributed by atoms with Crippen molar-refractivity contribution in [3.63, 3.8) is 0 Å². The van der Waals surface area contributed by atoms with Crippen LogP contribution in [0.5, 0.6) is 0 Å². The van der Waals surface area contributed by atoms with Crippen LogP contribution >= 0.6 is 11.8 Å². The molecule has 0 unspecified atom stereocenters. The highest BCUT2D eigenvalue weighted by Gasteiger charge is 2.23. The first-order valence-electron chi connectivity index (χ1n) is 10.4. The zero-order chi connectivity index (χ0) is 22.4. The van der Waals surface area contributed by atoms with Gasteiger partial charge in [-0.2, -0.15) is 4.31 Å². The van der Waals surface area contributed by atoms with Crippen molar-refractivity contribution < 1.29 is 13.2 Å². The number of imidazole rings is 1. The largest absolute Gasteiger partial charge is 0.326 e. The summed E-state index contributed by atoms with van der Waals surface area (Å²) in [6, 6.07) is 14.5. The summed E-state index contributed by atoms with van der Waals surface area (Å²) in [5.41, 5.74) is 2.31. The van der Waals surface area contributed by atoms with Gasteiger partial charge in [0.1, 0.15) is 0 Å². The first-order valence-corrected chi connectivity index (χ1v) is 12.8. The molecule has 1 amide bonds. The minimum absolute atomic E-state index is 0.0505. The van der Waals surface area contributed by atoms with E-state index in [4.69, 9.17) is 0 Å². The molecular formula is C22H28N4O3S2. The number of para-hydroxylation sites is 1. The molecule has 7 nitrogen and oxygen atoms in total. The fraction of sp³-hybridized carbons (Fsp3) is 0.364. The van der Waals surface area contributed by atoms with Gasteiger partial charge in [0, 0.05) is 37.5 Å². The lowest BCUT2D eigenvalue weighted by atomic mass is 10.3. The Hall–Kier alpha value is -2.36. The second-order valence-electron chi connectivity index (χ2n) is 6.89. The summed E-state index contributed by atoms with van der Waals surface area (Å²) < 4.78 is 29.2. The van der Waals surface area contributed by atoms with E-state index >= 15 is 0 Å². The molecule has 31 heavy (non-hydrogen) atoms. The maximum absolute atomic E-state index is 12.8. The van der Waals surface area contributed by atoms with Crippen LogP contribution in [0.1, 0.15) is 27.2 Å². The Morgan fingerprint density at radius 2 is 1.81 bits per heavy atom. The number of hydrogen-bond acceptors (Lipinski definition) is 5. The van der Waals surface area contributed by atoms with E-state index in [9.17, 15) is 13.2 Å². The second kappa shape index (κ2) is 10.3. The number of nitrogens with one attached hydrogen (secondary N) is 1. The number of anilines is 1. The average Bonchev–Trinajstić information content (AvgIpc) is 3.11. The van der Waals surface area contributed by atoms with Crippen molar-refractivity contribution in [2.45, 2.75) is 43.8 Å². The van der Waals surface area contributed by atoms with Crippen LogP contribution in [0.25, 0.3) is 11.0 Å². The lowest BCUT2D eigenvalue weighted by Gasteiger charge is -2.18. The highest BCUT2D eigenvalue weighted by Crippen LogP contribution is 2.27. The molecule has 9 heteroatoms. The van der Waals surface area contributed by atoms with Gasteiger partial charge in [-0.1, -0.05) is 43.8 Å². The Balaban J connectivity index is 1.74. The van der Waals surface area contributed by atoms with Crippen molar-refractivity contribution >= 4 is 44.4 Å². The van der Waals surface area contributed by atoms with Gasteiger partial charge in [0.15, 0.2) is 5.16 Å². The molecule has 0 radical (unpaired) electrons. The molecule has 1 N–H and O–H groups in total. The average molecular weight is 461 g/mol. The number of amides is 1. The minimum Gasteiger partial charge on any atom is -0.326 e. The number of hydrogen-bond donors (Lipinski definition) is 1. The minimum atomic E-state index is -3.54. The summed E-state index contributed by atoms with van der Waals surface area (Å²) in [5, 5.41) is 3.66. The monoisotopic (exact) mass is 460 g/mol. The number of aromatic nitrogens is 2. The summed E-state index contributed by atoms with van der Waals surface area (Å²) in [7, 11) is -3.54. The fourth-order valence-corrected chi connectivity index (χ4v) is 5.85. The van der Waals surface area contributed by atoms with Gasteiger partial charge in [-0.25, -0.2) is 13.4 Å². The third kappa shape index (κ3) is 5.28. The molecule has 1 heterocycles. The second-order valence-corrected chi connectivity index (χ2v) is 9.89. The van der Waals surface area contributed by atoms with E-state index in [1.165, 1.54) is 16.1 Å². The molecule has 0 fully saturated rings. The molecule has 2 aromatic carbocycles. The molecule has 1 aromatic heterocycles. The Bertz CT molecular complexity index is 1140. The lowest BCUT2D eigenvalue weighted by molar-refractivity contribution is -0.115. The summed E-state index contributed by atoms with van der Waals surface area (Å²) in [6.45, 7) is 7.23. The third-order valence-corrected chi connectivity index (χ3v) is 7.99. The van der Waals surface area contributed by atoms with Crippen LogP contribution in [0.3, 0.4) is 0 Å². The van der Waals surface area contributed by atoms with Crippen molar-refractivity contribution in [1.82, 2.24) is 13.9 Å². The Morgan fingerprint density at radius 3 is 2.45 bits per heavy atom. The zero-order valence-electron chi connectivity index (χ0n) is 18.0. The molecule has 0 atom stereocenters. The maximum Gasteiger partial charge on any atom is 0.243 e. The number of benzene rings is 2. The molecule has 0 bridgehead atoms. The van der Waals surface area contributed by atoms with Crippen LogP contribution in [0.2, 0.25) is 0 Å². The Kier molecular flexibility index (Phi) is 7.74. The molecule has 0 spiro atoms. The standard InChI is InChI=1S/C22H28N4O3S2/c1-4-25(5-2)31(28,29)18-12-13-20-19(16-18)24-22(26(20)6-3)30-15-14-21(27)23-17-10-8-7-9-11-17/h7-13,16H,4-6,14-15H2,1-3H3,(H,23,27). The molecule has 0 saturated heterocycles. The number of nitrogens with zero attached hydrogens (tertiary/aromatic N) is 3. The van der Waals surface area contributed by atoms with Crippen LogP contribution in [0.4, 0.5) is 5.69 Å². The number of carbonyl (C=O) groups is 1. The van der Waals surface area contributed by atoms with Gasteiger partial charge in [-0.05, 0) is 37.3 Å². The molecule has 3 rings (SSSR count). The topological polar surface area (TPSA) is 84.3 Å². The smallest absolute Gasteiger partial charge is 0.243 e. The van der Waals surface area contributed by atoms with Crippen molar-refractivity contribution in [2.75, 3.05) is 24.2 Å². The molecule has 0 aliphatic heterocycles. The van der Waals surface area contributed by atoms with Crippen molar-refractivity contribution in [2.24, 2.45) is 0 Å². The fourth-order valence-electron chi connectivity index (χ4n) is 3.36. The maximum atomic E-state index is 12.8. The molecule has 3 aromatic rings. The van der Waals surface area contributed by atoms with Crippen molar-refractivity contribution in [3.8, 4) is 0 Å². The van der Waals surface area contributed by atoms with Gasteiger partial charge >= 0.3 is 0 Å². The summed E-state index contributed by atoms with van der Waals surface area (Å²) >= 11 is 1.50. The Labute approximate surface area is 187 Å². The third-order valence-electron chi connectivity index (χ3n) is 4.96. The van der Waals surface area contributed by atoms with Gasteiger partial charge in [0.2, 0.25) is 15.9 Å². The van der Waals surface area contributed by atoms with Gasteiger partial charge in [0.25, 0.3) is 0 Å². The SMILES string of the molecule is CCN(CC)S(=O)(=O)c1ccc2c(c1)nc(SCCC(=O)Nc1ccccc1)n2CC. The van der Waals surface area contributed by atoms with Gasteiger partial charge < -0.3 is 9.88 Å². The van der Waals surface area contributed by atoms with Crippen LogP contribution in [0, 0.1) is 0 Å². The van der Waals surface area contributed by atoms with E-state index in [1.807, 2.05) is 61.7 Å². The van der Waals surface area contributed by atoms with Gasteiger partial charge in [-0.15, -0.1) is 0 Å².